The van der Waals surface area contributed by atoms with Crippen LogP contribution in [0.15, 0.2) is 42.6 Å². The summed E-state index contributed by atoms with van der Waals surface area (Å²) in [6, 6.07) is 12.6. The molecule has 1 N–H and O–H groups in total. The Morgan fingerprint density at radius 3 is 2.77 bits per heavy atom. The topological polar surface area (TPSA) is 15.8 Å². The molecule has 0 spiro atoms. The first kappa shape index (κ1) is 8.57. The van der Waals surface area contributed by atoms with E-state index in [1.54, 1.807) is 0 Å². The Kier molecular flexibility index (Phi) is 2.50. The molecule has 13 heavy (non-hydrogen) atoms. The molecule has 0 aliphatic carbocycles. The molecular formula is C11H10BrN. The Morgan fingerprint density at radius 1 is 1.15 bits per heavy atom. The van der Waals surface area contributed by atoms with Crippen LogP contribution in [0.5, 0.6) is 0 Å². The molecule has 1 heterocycles. The van der Waals surface area contributed by atoms with Gasteiger partial charge in [0.05, 0.1) is 0 Å². The zero-order chi connectivity index (χ0) is 9.10. The molecule has 0 radical (unpaired) electrons. The molecule has 0 saturated carbocycles. The minimum atomic E-state index is 0.904. The lowest BCUT2D eigenvalue weighted by molar-refractivity contribution is 1.37. The smallest absolute Gasteiger partial charge is 0.0453 e. The average Bonchev–Trinajstić information content (AvgIpc) is 2.71. The predicted octanol–water partition coefficient (Wildman–Crippen LogP) is 3.58. The molecule has 0 amide bonds. The number of aromatic amines is 1. The summed E-state index contributed by atoms with van der Waals surface area (Å²) in [7, 11) is 0. The molecule has 0 bridgehead atoms. The van der Waals surface area contributed by atoms with Crippen LogP contribution in [0.25, 0.3) is 11.3 Å². The van der Waals surface area contributed by atoms with Crippen LogP contribution < -0.4 is 0 Å². The highest BCUT2D eigenvalue weighted by Gasteiger charge is 1.97. The summed E-state index contributed by atoms with van der Waals surface area (Å²) in [6.45, 7) is 0. The van der Waals surface area contributed by atoms with Gasteiger partial charge in [0, 0.05) is 17.2 Å². The van der Waals surface area contributed by atoms with Gasteiger partial charge in [-0.25, -0.2) is 0 Å². The van der Waals surface area contributed by atoms with Crippen molar-refractivity contribution < 1.29 is 0 Å². The molecule has 66 valence electrons. The fourth-order valence-corrected chi connectivity index (χ4v) is 1.68. The third kappa shape index (κ3) is 1.83. The van der Waals surface area contributed by atoms with Crippen LogP contribution in [0.4, 0.5) is 0 Å². The quantitative estimate of drug-likeness (QED) is 0.767. The van der Waals surface area contributed by atoms with E-state index in [4.69, 9.17) is 0 Å². The number of nitrogens with one attached hydrogen (secondary N) is 1. The van der Waals surface area contributed by atoms with Gasteiger partial charge in [0.1, 0.15) is 0 Å². The number of H-pyrrole nitrogens is 1. The minimum absolute atomic E-state index is 0.904. The van der Waals surface area contributed by atoms with E-state index < -0.39 is 0 Å². The molecule has 2 rings (SSSR count). The van der Waals surface area contributed by atoms with Crippen molar-refractivity contribution >= 4 is 15.9 Å². The fourth-order valence-electron chi connectivity index (χ4n) is 1.33. The summed E-state index contributed by atoms with van der Waals surface area (Å²) in [6.07, 6.45) is 1.94. The van der Waals surface area contributed by atoms with Crippen molar-refractivity contribution in [2.24, 2.45) is 0 Å². The van der Waals surface area contributed by atoms with Gasteiger partial charge in [0.25, 0.3) is 0 Å². The largest absolute Gasteiger partial charge is 0.361 e. The summed E-state index contributed by atoms with van der Waals surface area (Å²) >= 11 is 3.44. The van der Waals surface area contributed by atoms with Crippen molar-refractivity contribution in [1.29, 1.82) is 0 Å². The standard InChI is InChI=1S/C11H10BrN/c12-8-9-3-1-4-10(7-9)11-5-2-6-13-11/h1-7,13H,8H2. The Labute approximate surface area is 85.9 Å². The maximum atomic E-state index is 3.44. The monoisotopic (exact) mass is 235 g/mol. The van der Waals surface area contributed by atoms with Crippen LogP contribution in [0.3, 0.4) is 0 Å². The van der Waals surface area contributed by atoms with E-state index in [1.807, 2.05) is 12.3 Å². The second-order valence-corrected chi connectivity index (χ2v) is 3.48. The van der Waals surface area contributed by atoms with E-state index in [9.17, 15) is 0 Å². The second-order valence-electron chi connectivity index (χ2n) is 2.92. The molecular weight excluding hydrogens is 226 g/mol. The normalized spacial score (nSPS) is 10.2. The van der Waals surface area contributed by atoms with Crippen LogP contribution in [-0.2, 0) is 5.33 Å². The first-order valence-electron chi connectivity index (χ1n) is 4.19. The summed E-state index contributed by atoms with van der Waals surface area (Å²) in [5.41, 5.74) is 3.71. The highest BCUT2D eigenvalue weighted by Crippen LogP contribution is 2.19. The molecule has 1 aromatic heterocycles. The molecule has 0 unspecified atom stereocenters. The molecule has 2 aromatic rings. The number of hydrogen-bond acceptors (Lipinski definition) is 0. The maximum Gasteiger partial charge on any atom is 0.0453 e. The van der Waals surface area contributed by atoms with E-state index in [-0.39, 0.29) is 0 Å². The number of hydrogen-bond donors (Lipinski definition) is 1. The molecule has 0 atom stereocenters. The van der Waals surface area contributed by atoms with Gasteiger partial charge in [0.15, 0.2) is 0 Å². The fraction of sp³-hybridized carbons (Fsp3) is 0.0909. The summed E-state index contributed by atoms with van der Waals surface area (Å²) in [5, 5.41) is 0.904. The van der Waals surface area contributed by atoms with Gasteiger partial charge < -0.3 is 4.98 Å². The van der Waals surface area contributed by atoms with Crippen molar-refractivity contribution in [3.8, 4) is 11.3 Å². The lowest BCUT2D eigenvalue weighted by atomic mass is 10.1. The highest BCUT2D eigenvalue weighted by molar-refractivity contribution is 9.08. The Bertz CT molecular complexity index is 379. The number of aromatic nitrogens is 1. The molecule has 1 nitrogen and oxygen atoms in total. The SMILES string of the molecule is BrCc1cccc(-c2ccc[nH]2)c1. The van der Waals surface area contributed by atoms with Gasteiger partial charge in [-0.15, -0.1) is 0 Å². The zero-order valence-corrected chi connectivity index (χ0v) is 8.71. The number of rotatable bonds is 2. The third-order valence-corrected chi connectivity index (χ3v) is 2.64. The Hall–Kier alpha value is -1.02. The van der Waals surface area contributed by atoms with Crippen LogP contribution in [0.2, 0.25) is 0 Å². The Balaban J connectivity index is 2.41. The molecule has 0 fully saturated rings. The van der Waals surface area contributed by atoms with Gasteiger partial charge in [-0.3, -0.25) is 0 Å². The number of benzene rings is 1. The second kappa shape index (κ2) is 3.79. The van der Waals surface area contributed by atoms with Gasteiger partial charge in [-0.2, -0.15) is 0 Å². The molecule has 0 saturated heterocycles. The van der Waals surface area contributed by atoms with E-state index >= 15 is 0 Å². The predicted molar refractivity (Wildman–Crippen MR) is 58.9 cm³/mol. The first-order valence-corrected chi connectivity index (χ1v) is 5.31. The lowest BCUT2D eigenvalue weighted by Gasteiger charge is -2.00. The third-order valence-electron chi connectivity index (χ3n) is 1.99. The van der Waals surface area contributed by atoms with Crippen molar-refractivity contribution in [2.45, 2.75) is 5.33 Å². The number of alkyl halides is 1. The summed E-state index contributed by atoms with van der Waals surface area (Å²) in [5.74, 6) is 0. The Morgan fingerprint density at radius 2 is 2.08 bits per heavy atom. The molecule has 0 aliphatic rings. The van der Waals surface area contributed by atoms with E-state index in [0.717, 1.165) is 5.33 Å². The van der Waals surface area contributed by atoms with Crippen molar-refractivity contribution in [2.75, 3.05) is 0 Å². The van der Waals surface area contributed by atoms with Gasteiger partial charge >= 0.3 is 0 Å². The highest BCUT2D eigenvalue weighted by atomic mass is 79.9. The zero-order valence-electron chi connectivity index (χ0n) is 7.13. The van der Waals surface area contributed by atoms with Crippen molar-refractivity contribution in [1.82, 2.24) is 4.98 Å². The van der Waals surface area contributed by atoms with Crippen LogP contribution in [0.1, 0.15) is 5.56 Å². The van der Waals surface area contributed by atoms with Crippen LogP contribution >= 0.6 is 15.9 Å². The summed E-state index contributed by atoms with van der Waals surface area (Å²) in [4.78, 5) is 3.19. The lowest BCUT2D eigenvalue weighted by Crippen LogP contribution is -1.80. The van der Waals surface area contributed by atoms with Crippen LogP contribution in [-0.4, -0.2) is 4.98 Å². The van der Waals surface area contributed by atoms with Gasteiger partial charge in [-0.1, -0.05) is 34.1 Å². The summed E-state index contributed by atoms with van der Waals surface area (Å²) < 4.78 is 0. The van der Waals surface area contributed by atoms with E-state index in [2.05, 4.69) is 51.2 Å². The molecule has 2 heteroatoms. The van der Waals surface area contributed by atoms with E-state index in [1.165, 1.54) is 16.8 Å². The minimum Gasteiger partial charge on any atom is -0.361 e. The number of halogens is 1. The van der Waals surface area contributed by atoms with Crippen molar-refractivity contribution in [3.63, 3.8) is 0 Å². The average molecular weight is 236 g/mol. The molecule has 1 aromatic carbocycles. The van der Waals surface area contributed by atoms with Crippen LogP contribution in [0, 0.1) is 0 Å². The van der Waals surface area contributed by atoms with Crippen molar-refractivity contribution in [3.05, 3.63) is 48.2 Å². The maximum absolute atomic E-state index is 3.44. The first-order chi connectivity index (χ1) is 6.40. The van der Waals surface area contributed by atoms with Gasteiger partial charge in [-0.05, 0) is 29.3 Å². The van der Waals surface area contributed by atoms with E-state index in [0.29, 0.717) is 0 Å². The van der Waals surface area contributed by atoms with Gasteiger partial charge in [0.2, 0.25) is 0 Å². The molecule has 0 aliphatic heterocycles.